The lowest BCUT2D eigenvalue weighted by Gasteiger charge is -2.38. The van der Waals surface area contributed by atoms with Crippen LogP contribution in [0.15, 0.2) is 0 Å². The number of rotatable bonds is 9. The fourth-order valence-corrected chi connectivity index (χ4v) is 7.27. The Balaban J connectivity index is 1.77. The van der Waals surface area contributed by atoms with E-state index >= 15 is 0 Å². The van der Waals surface area contributed by atoms with Gasteiger partial charge in [0.25, 0.3) is 0 Å². The van der Waals surface area contributed by atoms with Crippen molar-refractivity contribution in [1.29, 1.82) is 0 Å². The molecule has 0 spiro atoms. The molecule has 0 aromatic rings. The number of nitrogens with zero attached hydrogens (tertiary/aromatic N) is 1. The van der Waals surface area contributed by atoms with Crippen molar-refractivity contribution in [3.63, 3.8) is 0 Å². The van der Waals surface area contributed by atoms with E-state index < -0.39 is 24.1 Å². The number of hydrogen-bond acceptors (Lipinski definition) is 6. The third-order valence-electron chi connectivity index (χ3n) is 7.68. The van der Waals surface area contributed by atoms with Crippen LogP contribution in [0.25, 0.3) is 0 Å². The van der Waals surface area contributed by atoms with E-state index in [1.54, 1.807) is 30.5 Å². The van der Waals surface area contributed by atoms with Gasteiger partial charge < -0.3 is 14.7 Å². The monoisotopic (exact) mass is 468 g/mol. The molecule has 7 nitrogen and oxygen atoms in total. The number of carboxylic acids is 1. The van der Waals surface area contributed by atoms with Crippen LogP contribution < -0.4 is 5.32 Å². The summed E-state index contributed by atoms with van der Waals surface area (Å²) in [6, 6.07) is -2.00. The quantitative estimate of drug-likeness (QED) is 0.500. The van der Waals surface area contributed by atoms with Gasteiger partial charge in [-0.2, -0.15) is 11.8 Å². The van der Waals surface area contributed by atoms with E-state index in [0.717, 1.165) is 38.5 Å². The zero-order chi connectivity index (χ0) is 23.3. The molecule has 1 amide bonds. The van der Waals surface area contributed by atoms with Crippen LogP contribution in [0.2, 0.25) is 0 Å². The Morgan fingerprint density at radius 3 is 2.38 bits per heavy atom. The summed E-state index contributed by atoms with van der Waals surface area (Å²) >= 11 is 1.67. The number of carbonyl (C=O) groups excluding carboxylic acids is 2. The van der Waals surface area contributed by atoms with E-state index in [0.29, 0.717) is 18.9 Å². The van der Waals surface area contributed by atoms with Crippen LogP contribution in [-0.4, -0.2) is 70.1 Å². The molecule has 6 atom stereocenters. The van der Waals surface area contributed by atoms with Gasteiger partial charge in [-0.15, -0.1) is 0 Å². The Morgan fingerprint density at radius 2 is 1.75 bits per heavy atom. The summed E-state index contributed by atoms with van der Waals surface area (Å²) in [5.41, 5.74) is 0. The Labute approximate surface area is 196 Å². The van der Waals surface area contributed by atoms with Crippen LogP contribution in [0.3, 0.4) is 0 Å². The second-order valence-corrected chi connectivity index (χ2v) is 10.7. The molecule has 6 unspecified atom stereocenters. The summed E-state index contributed by atoms with van der Waals surface area (Å²) < 4.78 is 5.40. The Morgan fingerprint density at radius 1 is 1.09 bits per heavy atom. The summed E-state index contributed by atoms with van der Waals surface area (Å²) in [7, 11) is 0. The van der Waals surface area contributed by atoms with Crippen molar-refractivity contribution in [3.05, 3.63) is 0 Å². The highest BCUT2D eigenvalue weighted by molar-refractivity contribution is 7.99. The van der Waals surface area contributed by atoms with E-state index in [-0.39, 0.29) is 29.1 Å². The summed E-state index contributed by atoms with van der Waals surface area (Å²) in [4.78, 5) is 40.1. The fraction of sp³-hybridized carbons (Fsp3) is 0.875. The number of esters is 1. The zero-order valence-electron chi connectivity index (χ0n) is 19.8. The minimum Gasteiger partial charge on any atom is -0.480 e. The first kappa shape index (κ1) is 25.3. The predicted octanol–water partition coefficient (Wildman–Crippen LogP) is 3.45. The smallest absolute Gasteiger partial charge is 0.326 e. The highest BCUT2D eigenvalue weighted by Crippen LogP contribution is 2.40. The number of thioether (sulfide) groups is 1. The molecule has 0 aromatic carbocycles. The van der Waals surface area contributed by atoms with Crippen LogP contribution in [0.5, 0.6) is 0 Å². The molecule has 3 rings (SSSR count). The van der Waals surface area contributed by atoms with Gasteiger partial charge in [0.05, 0.1) is 12.6 Å². The molecule has 2 N–H and O–H groups in total. The van der Waals surface area contributed by atoms with Gasteiger partial charge >= 0.3 is 11.9 Å². The number of hydrogen-bond donors (Lipinski definition) is 2. The first-order valence-corrected chi connectivity index (χ1v) is 13.7. The second kappa shape index (κ2) is 11.7. The molecular formula is C24H40N2O5S. The van der Waals surface area contributed by atoms with Crippen molar-refractivity contribution in [3.8, 4) is 0 Å². The van der Waals surface area contributed by atoms with Crippen molar-refractivity contribution >= 4 is 29.6 Å². The Hall–Kier alpha value is -1.28. The van der Waals surface area contributed by atoms with Crippen molar-refractivity contribution in [1.82, 2.24) is 10.2 Å². The number of fused-ring (bicyclic) bond motifs is 1. The average Bonchev–Trinajstić information content (AvgIpc) is 3.19. The maximum atomic E-state index is 13.6. The molecule has 2 saturated carbocycles. The SMILES string of the molecule is CCOC(=O)C(NC(C)C(=O)N1C(C(=O)O)CC2CCCCC21)C(SC)C1CCCCC1. The topological polar surface area (TPSA) is 95.9 Å². The van der Waals surface area contributed by atoms with Crippen LogP contribution in [0.1, 0.15) is 78.1 Å². The van der Waals surface area contributed by atoms with Crippen LogP contribution in [0.4, 0.5) is 0 Å². The first-order chi connectivity index (χ1) is 15.4. The third kappa shape index (κ3) is 5.61. The summed E-state index contributed by atoms with van der Waals surface area (Å²) in [6.07, 6.45) is 12.3. The third-order valence-corrected chi connectivity index (χ3v) is 8.88. The van der Waals surface area contributed by atoms with Gasteiger partial charge in [0.15, 0.2) is 0 Å². The van der Waals surface area contributed by atoms with Crippen LogP contribution in [0, 0.1) is 11.8 Å². The Bertz CT molecular complexity index is 669. The van der Waals surface area contributed by atoms with E-state index in [4.69, 9.17) is 4.74 Å². The molecule has 3 aliphatic rings. The van der Waals surface area contributed by atoms with Gasteiger partial charge in [-0.1, -0.05) is 32.1 Å². The van der Waals surface area contributed by atoms with Crippen LogP contribution >= 0.6 is 11.8 Å². The van der Waals surface area contributed by atoms with Gasteiger partial charge in [-0.05, 0) is 64.0 Å². The minimum atomic E-state index is -0.925. The molecule has 3 fully saturated rings. The first-order valence-electron chi connectivity index (χ1n) is 12.4. The van der Waals surface area contributed by atoms with Gasteiger partial charge in [-0.25, -0.2) is 4.79 Å². The van der Waals surface area contributed by atoms with E-state index in [2.05, 4.69) is 5.32 Å². The summed E-state index contributed by atoms with van der Waals surface area (Å²) in [5, 5.41) is 13.1. The number of carbonyl (C=O) groups is 3. The standard InChI is InChI=1S/C24H40N2O5S/c1-4-31-24(30)20(21(32-3)16-10-6-5-7-11-16)25-15(2)22(27)26-18-13-9-8-12-17(18)14-19(26)23(28)29/h15-21,25H,4-14H2,1-3H3,(H,28,29). The van der Waals surface area contributed by atoms with Crippen molar-refractivity contribution in [2.45, 2.75) is 107 Å². The highest BCUT2D eigenvalue weighted by Gasteiger charge is 2.49. The zero-order valence-corrected chi connectivity index (χ0v) is 20.6. The fourth-order valence-electron chi connectivity index (χ4n) is 6.15. The number of amides is 1. The van der Waals surface area contributed by atoms with Crippen molar-refractivity contribution in [2.24, 2.45) is 11.8 Å². The summed E-state index contributed by atoms with van der Waals surface area (Å²) in [5.74, 6) is -0.771. The molecule has 2 aliphatic carbocycles. The number of likely N-dealkylation sites (tertiary alicyclic amines) is 1. The van der Waals surface area contributed by atoms with E-state index in [1.807, 2.05) is 6.26 Å². The second-order valence-electron chi connectivity index (χ2n) is 9.66. The van der Waals surface area contributed by atoms with E-state index in [1.165, 1.54) is 19.3 Å². The van der Waals surface area contributed by atoms with Gasteiger partial charge in [0, 0.05) is 11.3 Å². The molecule has 32 heavy (non-hydrogen) atoms. The average molecular weight is 469 g/mol. The van der Waals surface area contributed by atoms with Crippen molar-refractivity contribution in [2.75, 3.05) is 12.9 Å². The molecule has 0 aromatic heterocycles. The van der Waals surface area contributed by atoms with Gasteiger partial charge in [-0.3, -0.25) is 14.9 Å². The highest BCUT2D eigenvalue weighted by atomic mass is 32.2. The normalized spacial score (nSPS) is 29.1. The summed E-state index contributed by atoms with van der Waals surface area (Å²) in [6.45, 7) is 3.85. The molecular weight excluding hydrogens is 428 g/mol. The minimum absolute atomic E-state index is 0.00247. The number of carboxylic acid groups (broad SMARTS) is 1. The van der Waals surface area contributed by atoms with Crippen molar-refractivity contribution < 1.29 is 24.2 Å². The van der Waals surface area contributed by atoms with Crippen LogP contribution in [-0.2, 0) is 19.1 Å². The lowest BCUT2D eigenvalue weighted by Crippen LogP contribution is -2.58. The number of aliphatic carboxylic acids is 1. The maximum Gasteiger partial charge on any atom is 0.326 e. The molecule has 1 saturated heterocycles. The molecule has 1 heterocycles. The Kier molecular flexibility index (Phi) is 9.29. The lowest BCUT2D eigenvalue weighted by atomic mass is 9.84. The molecule has 1 aliphatic heterocycles. The molecule has 182 valence electrons. The molecule has 8 heteroatoms. The molecule has 0 bridgehead atoms. The van der Waals surface area contributed by atoms with Gasteiger partial charge in [0.2, 0.25) is 5.91 Å². The lowest BCUT2D eigenvalue weighted by molar-refractivity contribution is -0.152. The van der Waals surface area contributed by atoms with Gasteiger partial charge in [0.1, 0.15) is 12.1 Å². The predicted molar refractivity (Wildman–Crippen MR) is 126 cm³/mol. The number of ether oxygens (including phenoxy) is 1. The number of nitrogens with one attached hydrogen (secondary N) is 1. The largest absolute Gasteiger partial charge is 0.480 e. The molecule has 0 radical (unpaired) electrons. The maximum absolute atomic E-state index is 13.6. The van der Waals surface area contributed by atoms with E-state index in [9.17, 15) is 19.5 Å².